The molecule has 1 amide bonds. The molecular weight excluding hydrogens is 454 g/mol. The van der Waals surface area contributed by atoms with Gasteiger partial charge >= 0.3 is 5.97 Å². The maximum absolute atomic E-state index is 11.3. The Morgan fingerprint density at radius 3 is 2.19 bits per heavy atom. The zero-order valence-electron chi connectivity index (χ0n) is 20.6. The Kier molecular flexibility index (Phi) is 7.15. The van der Waals surface area contributed by atoms with Crippen LogP contribution in [0.2, 0.25) is 0 Å². The molecule has 0 aliphatic heterocycles. The lowest BCUT2D eigenvalue weighted by Crippen LogP contribution is -2.48. The summed E-state index contributed by atoms with van der Waals surface area (Å²) in [6, 6.07) is 14.6. The zero-order chi connectivity index (χ0) is 25.1. The zero-order valence-corrected chi connectivity index (χ0v) is 20.6. The largest absolute Gasteiger partial charge is 0.493 e. The van der Waals surface area contributed by atoms with Crippen molar-refractivity contribution in [2.45, 2.75) is 63.2 Å². The first-order valence-electron chi connectivity index (χ1n) is 13.2. The van der Waals surface area contributed by atoms with Crippen LogP contribution in [0.15, 0.2) is 48.5 Å². The van der Waals surface area contributed by atoms with E-state index < -0.39 is 5.97 Å². The quantitative estimate of drug-likeness (QED) is 0.165. The third-order valence-corrected chi connectivity index (χ3v) is 8.43. The molecule has 0 radical (unpaired) electrons. The minimum Gasteiger partial charge on any atom is -0.493 e. The molecule has 4 bridgehead atoms. The first-order chi connectivity index (χ1) is 17.4. The van der Waals surface area contributed by atoms with Crippen molar-refractivity contribution >= 4 is 18.0 Å². The topological polar surface area (TPSA) is 95.9 Å². The Hall–Kier alpha value is -3.12. The summed E-state index contributed by atoms with van der Waals surface area (Å²) in [4.78, 5) is 22.1. The lowest BCUT2D eigenvalue weighted by Gasteiger charge is -2.57. The Bertz CT molecular complexity index is 1100. The Morgan fingerprint density at radius 2 is 1.58 bits per heavy atom. The summed E-state index contributed by atoms with van der Waals surface area (Å²) in [6.45, 7) is 0.544. The summed E-state index contributed by atoms with van der Waals surface area (Å²) in [5, 5.41) is 17.6. The molecule has 4 fully saturated rings. The Labute approximate surface area is 212 Å². The van der Waals surface area contributed by atoms with Gasteiger partial charge in [0.05, 0.1) is 6.61 Å². The van der Waals surface area contributed by atoms with Gasteiger partial charge in [-0.1, -0.05) is 30.3 Å². The summed E-state index contributed by atoms with van der Waals surface area (Å²) in [6.07, 6.45) is 12.3. The smallest absolute Gasteiger partial charge is 0.328 e. The number of carbonyl (C=O) groups is 2. The van der Waals surface area contributed by atoms with E-state index in [-0.39, 0.29) is 17.7 Å². The van der Waals surface area contributed by atoms with Crippen LogP contribution in [0, 0.1) is 17.8 Å². The maximum atomic E-state index is 11.3. The average Bonchev–Trinajstić information content (AvgIpc) is 2.86. The lowest BCUT2D eigenvalue weighted by molar-refractivity contribution is -0.131. The van der Waals surface area contributed by atoms with E-state index >= 15 is 0 Å². The predicted molar refractivity (Wildman–Crippen MR) is 138 cm³/mol. The molecule has 4 aliphatic rings. The maximum Gasteiger partial charge on any atom is 0.328 e. The standard InChI is InChI=1S/C30H35NO5/c32-28(31-35)3-1-2-12-36-27-10-9-25(24-7-4-20(5-8-24)6-11-29(33)34)16-26(27)30-17-21-13-22(18-30)15-23(14-21)19-30/h4-11,16,21-23,35H,1-3,12-15,17-19H2,(H,31,32)(H,33,34)/b11-6+. The van der Waals surface area contributed by atoms with Gasteiger partial charge in [0, 0.05) is 18.1 Å². The molecule has 0 heterocycles. The van der Waals surface area contributed by atoms with Gasteiger partial charge < -0.3 is 9.84 Å². The average molecular weight is 490 g/mol. The Morgan fingerprint density at radius 1 is 0.944 bits per heavy atom. The van der Waals surface area contributed by atoms with Gasteiger partial charge in [-0.25, -0.2) is 10.3 Å². The molecule has 2 aromatic rings. The minimum atomic E-state index is -0.952. The van der Waals surface area contributed by atoms with Crippen LogP contribution in [-0.4, -0.2) is 28.8 Å². The van der Waals surface area contributed by atoms with Crippen molar-refractivity contribution in [2.24, 2.45) is 17.8 Å². The number of nitrogens with one attached hydrogen (secondary N) is 1. The van der Waals surface area contributed by atoms with E-state index in [2.05, 4.69) is 18.2 Å². The van der Waals surface area contributed by atoms with E-state index in [0.29, 0.717) is 13.0 Å². The minimum absolute atomic E-state index is 0.182. The third kappa shape index (κ3) is 5.34. The van der Waals surface area contributed by atoms with Gasteiger partial charge in [0.25, 0.3) is 0 Å². The molecular formula is C30H35NO5. The van der Waals surface area contributed by atoms with Gasteiger partial charge in [-0.05, 0) is 109 Å². The summed E-state index contributed by atoms with van der Waals surface area (Å²) in [7, 11) is 0. The summed E-state index contributed by atoms with van der Waals surface area (Å²) in [5.41, 5.74) is 6.32. The number of carboxylic acid groups (broad SMARTS) is 1. The van der Waals surface area contributed by atoms with Crippen molar-refractivity contribution in [3.63, 3.8) is 0 Å². The van der Waals surface area contributed by atoms with E-state index in [1.54, 1.807) is 11.6 Å². The molecule has 0 saturated heterocycles. The van der Waals surface area contributed by atoms with Crippen LogP contribution in [0.5, 0.6) is 5.75 Å². The second-order valence-corrected chi connectivity index (χ2v) is 11.0. The number of hydrogen-bond acceptors (Lipinski definition) is 4. The van der Waals surface area contributed by atoms with E-state index in [0.717, 1.165) is 52.7 Å². The van der Waals surface area contributed by atoms with Crippen LogP contribution >= 0.6 is 0 Å². The van der Waals surface area contributed by atoms with Gasteiger partial charge in [-0.3, -0.25) is 10.0 Å². The van der Waals surface area contributed by atoms with Gasteiger partial charge in [-0.2, -0.15) is 0 Å². The highest BCUT2D eigenvalue weighted by molar-refractivity contribution is 5.85. The van der Waals surface area contributed by atoms with Gasteiger partial charge in [0.15, 0.2) is 0 Å². The Balaban J connectivity index is 1.40. The number of aliphatic carboxylic acids is 1. The molecule has 0 atom stereocenters. The molecule has 0 aromatic heterocycles. The number of unbranched alkanes of at least 4 members (excludes halogenated alkanes) is 1. The first kappa shape index (κ1) is 24.6. The number of hydrogen-bond donors (Lipinski definition) is 3. The van der Waals surface area contributed by atoms with Crippen LogP contribution < -0.4 is 10.2 Å². The van der Waals surface area contributed by atoms with Crippen molar-refractivity contribution < 1.29 is 24.6 Å². The lowest BCUT2D eigenvalue weighted by atomic mass is 9.48. The van der Waals surface area contributed by atoms with Crippen LogP contribution in [0.4, 0.5) is 0 Å². The SMILES string of the molecule is O=C(O)/C=C/c1ccc(-c2ccc(OCCCCC(=O)NO)c(C34CC5CC(CC(C5)C3)C4)c2)cc1. The van der Waals surface area contributed by atoms with Crippen molar-refractivity contribution in [3.8, 4) is 16.9 Å². The molecule has 0 spiro atoms. The molecule has 3 N–H and O–H groups in total. The molecule has 6 nitrogen and oxygen atoms in total. The first-order valence-corrected chi connectivity index (χ1v) is 13.2. The van der Waals surface area contributed by atoms with Crippen molar-refractivity contribution in [2.75, 3.05) is 6.61 Å². The highest BCUT2D eigenvalue weighted by atomic mass is 16.5. The molecule has 36 heavy (non-hydrogen) atoms. The number of ether oxygens (including phenoxy) is 1. The fourth-order valence-corrected chi connectivity index (χ4v) is 7.27. The summed E-state index contributed by atoms with van der Waals surface area (Å²) >= 11 is 0. The van der Waals surface area contributed by atoms with Crippen molar-refractivity contribution in [1.82, 2.24) is 5.48 Å². The van der Waals surface area contributed by atoms with E-state index in [1.807, 2.05) is 24.3 Å². The van der Waals surface area contributed by atoms with E-state index in [1.165, 1.54) is 44.1 Å². The van der Waals surface area contributed by atoms with E-state index in [9.17, 15) is 9.59 Å². The number of carboxylic acids is 1. The van der Waals surface area contributed by atoms with Crippen molar-refractivity contribution in [3.05, 3.63) is 59.7 Å². The molecule has 6 heteroatoms. The number of carbonyl (C=O) groups excluding carboxylic acids is 1. The molecule has 6 rings (SSSR count). The predicted octanol–water partition coefficient (Wildman–Crippen LogP) is 5.97. The number of amides is 1. The molecule has 0 unspecified atom stereocenters. The van der Waals surface area contributed by atoms with Gasteiger partial charge in [0.2, 0.25) is 5.91 Å². The summed E-state index contributed by atoms with van der Waals surface area (Å²) in [5.74, 6) is 2.12. The normalized spacial score (nSPS) is 26.3. The van der Waals surface area contributed by atoms with Crippen LogP contribution in [0.25, 0.3) is 17.2 Å². The molecule has 2 aromatic carbocycles. The second-order valence-electron chi connectivity index (χ2n) is 11.0. The highest BCUT2D eigenvalue weighted by Gasteiger charge is 2.52. The fourth-order valence-electron chi connectivity index (χ4n) is 7.27. The number of rotatable bonds is 10. The van der Waals surface area contributed by atoms with E-state index in [4.69, 9.17) is 15.1 Å². The van der Waals surface area contributed by atoms with Gasteiger partial charge in [0.1, 0.15) is 5.75 Å². The summed E-state index contributed by atoms with van der Waals surface area (Å²) < 4.78 is 6.35. The van der Waals surface area contributed by atoms with Gasteiger partial charge in [-0.15, -0.1) is 0 Å². The second kappa shape index (κ2) is 10.5. The number of benzene rings is 2. The third-order valence-electron chi connectivity index (χ3n) is 8.43. The van der Waals surface area contributed by atoms with Crippen LogP contribution in [-0.2, 0) is 15.0 Å². The fraction of sp³-hybridized carbons (Fsp3) is 0.467. The highest BCUT2D eigenvalue weighted by Crippen LogP contribution is 2.62. The van der Waals surface area contributed by atoms with Crippen LogP contribution in [0.3, 0.4) is 0 Å². The number of hydroxylamine groups is 1. The van der Waals surface area contributed by atoms with Crippen molar-refractivity contribution in [1.29, 1.82) is 0 Å². The molecule has 190 valence electrons. The molecule has 4 saturated carbocycles. The monoisotopic (exact) mass is 489 g/mol. The van der Waals surface area contributed by atoms with Crippen LogP contribution in [0.1, 0.15) is 68.9 Å². The molecule has 4 aliphatic carbocycles.